The number of aromatic amines is 1. The largest absolute Gasteiger partial charge is 0.461 e. The lowest BCUT2D eigenvalue weighted by atomic mass is 10.2. The summed E-state index contributed by atoms with van der Waals surface area (Å²) in [4.78, 5) is 26.6. The van der Waals surface area contributed by atoms with E-state index in [1.165, 1.54) is 18.2 Å². The molecule has 0 bridgehead atoms. The van der Waals surface area contributed by atoms with Gasteiger partial charge in [0.2, 0.25) is 5.91 Å². The van der Waals surface area contributed by atoms with Crippen molar-refractivity contribution in [1.82, 2.24) is 4.98 Å². The number of fused-ring (bicyclic) bond motifs is 1. The van der Waals surface area contributed by atoms with Crippen molar-refractivity contribution in [1.29, 1.82) is 0 Å². The maximum Gasteiger partial charge on any atom is 0.356 e. The Morgan fingerprint density at radius 2 is 2.10 bits per heavy atom. The van der Waals surface area contributed by atoms with E-state index in [0.29, 0.717) is 23.7 Å². The maximum absolute atomic E-state index is 13.4. The first kappa shape index (κ1) is 15.0. The number of aromatic nitrogens is 1. The van der Waals surface area contributed by atoms with E-state index in [1.807, 2.05) is 6.92 Å². The average Bonchev–Trinajstić information content (AvgIpc) is 2.78. The molecule has 0 saturated carbocycles. The van der Waals surface area contributed by atoms with Crippen molar-refractivity contribution in [2.45, 2.75) is 26.7 Å². The van der Waals surface area contributed by atoms with Gasteiger partial charge in [0, 0.05) is 17.3 Å². The minimum absolute atomic E-state index is 0.127. The summed E-state index contributed by atoms with van der Waals surface area (Å²) in [5.41, 5.74) is 0.953. The first-order chi connectivity index (χ1) is 10.1. The molecule has 0 fully saturated rings. The molecule has 2 aromatic rings. The van der Waals surface area contributed by atoms with Gasteiger partial charge in [0.05, 0.1) is 12.3 Å². The Labute approximate surface area is 121 Å². The number of esters is 1. The van der Waals surface area contributed by atoms with E-state index in [9.17, 15) is 14.0 Å². The van der Waals surface area contributed by atoms with E-state index < -0.39 is 11.8 Å². The molecule has 21 heavy (non-hydrogen) atoms. The number of ether oxygens (including phenoxy) is 1. The molecule has 0 radical (unpaired) electrons. The summed E-state index contributed by atoms with van der Waals surface area (Å²) >= 11 is 0. The molecule has 1 amide bonds. The SMILES string of the molecule is CCCC(=O)Nc1c(C(=O)OCC)[nH]c2ccc(F)cc12. The molecule has 0 aliphatic heterocycles. The fourth-order valence-electron chi connectivity index (χ4n) is 2.08. The lowest BCUT2D eigenvalue weighted by Crippen LogP contribution is -2.14. The zero-order chi connectivity index (χ0) is 15.4. The lowest BCUT2D eigenvalue weighted by Gasteiger charge is -2.06. The van der Waals surface area contributed by atoms with Gasteiger partial charge in [-0.1, -0.05) is 6.92 Å². The number of hydrogen-bond donors (Lipinski definition) is 2. The molecule has 0 unspecified atom stereocenters. The molecule has 1 aromatic carbocycles. The van der Waals surface area contributed by atoms with Crippen molar-refractivity contribution >= 4 is 28.5 Å². The summed E-state index contributed by atoms with van der Waals surface area (Å²) < 4.78 is 18.4. The Hall–Kier alpha value is -2.37. The van der Waals surface area contributed by atoms with Gasteiger partial charge in [-0.25, -0.2) is 9.18 Å². The fraction of sp³-hybridized carbons (Fsp3) is 0.333. The Morgan fingerprint density at radius 1 is 1.33 bits per heavy atom. The zero-order valence-corrected chi connectivity index (χ0v) is 12.0. The monoisotopic (exact) mass is 292 g/mol. The van der Waals surface area contributed by atoms with Crippen LogP contribution in [0.3, 0.4) is 0 Å². The van der Waals surface area contributed by atoms with Crippen molar-refractivity contribution in [2.24, 2.45) is 0 Å². The van der Waals surface area contributed by atoms with Crippen LogP contribution in [0, 0.1) is 5.82 Å². The highest BCUT2D eigenvalue weighted by Crippen LogP contribution is 2.29. The van der Waals surface area contributed by atoms with Crippen molar-refractivity contribution in [2.75, 3.05) is 11.9 Å². The molecule has 0 aliphatic rings. The number of carbonyl (C=O) groups is 2. The van der Waals surface area contributed by atoms with Gasteiger partial charge < -0.3 is 15.0 Å². The van der Waals surface area contributed by atoms with Crippen molar-refractivity contribution in [3.05, 3.63) is 29.7 Å². The third kappa shape index (κ3) is 3.21. The quantitative estimate of drug-likeness (QED) is 0.831. The van der Waals surface area contributed by atoms with Gasteiger partial charge in [-0.3, -0.25) is 4.79 Å². The molecule has 0 aliphatic carbocycles. The highest BCUT2D eigenvalue weighted by atomic mass is 19.1. The molecule has 1 aromatic heterocycles. The molecule has 1 heterocycles. The number of H-pyrrole nitrogens is 1. The molecule has 6 heteroatoms. The Bertz CT molecular complexity index is 679. The van der Waals surface area contributed by atoms with Crippen LogP contribution in [0.15, 0.2) is 18.2 Å². The number of amides is 1. The van der Waals surface area contributed by atoms with Crippen LogP contribution in [0.25, 0.3) is 10.9 Å². The molecular formula is C15H17FN2O3. The Balaban J connectivity index is 2.50. The van der Waals surface area contributed by atoms with E-state index in [0.717, 1.165) is 0 Å². The molecule has 0 spiro atoms. The van der Waals surface area contributed by atoms with Gasteiger partial charge in [0.15, 0.2) is 0 Å². The number of nitrogens with one attached hydrogen (secondary N) is 2. The third-order valence-corrected chi connectivity index (χ3v) is 2.98. The van der Waals surface area contributed by atoms with Crippen LogP contribution in [0.2, 0.25) is 0 Å². The average molecular weight is 292 g/mol. The lowest BCUT2D eigenvalue weighted by molar-refractivity contribution is -0.116. The zero-order valence-electron chi connectivity index (χ0n) is 12.0. The van der Waals surface area contributed by atoms with Gasteiger partial charge in [0.1, 0.15) is 11.5 Å². The van der Waals surface area contributed by atoms with Crippen molar-refractivity contribution < 1.29 is 18.7 Å². The van der Waals surface area contributed by atoms with Crippen LogP contribution in [0.4, 0.5) is 10.1 Å². The minimum atomic E-state index is -0.582. The van der Waals surface area contributed by atoms with Gasteiger partial charge in [-0.05, 0) is 31.5 Å². The highest BCUT2D eigenvalue weighted by Gasteiger charge is 2.20. The second kappa shape index (κ2) is 6.39. The van der Waals surface area contributed by atoms with E-state index in [1.54, 1.807) is 6.92 Å². The minimum Gasteiger partial charge on any atom is -0.461 e. The first-order valence-corrected chi connectivity index (χ1v) is 6.85. The number of halogens is 1. The Kier molecular flexibility index (Phi) is 4.57. The standard InChI is InChI=1S/C15H17FN2O3/c1-3-5-12(19)18-13-10-8-9(16)6-7-11(10)17-14(13)15(20)21-4-2/h6-8,17H,3-5H2,1-2H3,(H,18,19). The summed E-state index contributed by atoms with van der Waals surface area (Å²) in [6.45, 7) is 3.78. The predicted molar refractivity (Wildman–Crippen MR) is 77.8 cm³/mol. The summed E-state index contributed by atoms with van der Waals surface area (Å²) in [5, 5.41) is 3.11. The third-order valence-electron chi connectivity index (χ3n) is 2.98. The number of anilines is 1. The van der Waals surface area contributed by atoms with E-state index in [4.69, 9.17) is 4.74 Å². The van der Waals surface area contributed by atoms with Crippen LogP contribution in [0.1, 0.15) is 37.2 Å². The summed E-state index contributed by atoms with van der Waals surface area (Å²) in [7, 11) is 0. The van der Waals surface area contributed by atoms with Crippen LogP contribution in [-0.2, 0) is 9.53 Å². The number of hydrogen-bond acceptors (Lipinski definition) is 3. The number of carbonyl (C=O) groups excluding carboxylic acids is 2. The van der Waals surface area contributed by atoms with Gasteiger partial charge in [0.25, 0.3) is 0 Å². The maximum atomic E-state index is 13.4. The molecule has 0 atom stereocenters. The van der Waals surface area contributed by atoms with E-state index in [2.05, 4.69) is 10.3 Å². The van der Waals surface area contributed by atoms with Gasteiger partial charge in [-0.15, -0.1) is 0 Å². The van der Waals surface area contributed by atoms with Crippen molar-refractivity contribution in [3.63, 3.8) is 0 Å². The first-order valence-electron chi connectivity index (χ1n) is 6.85. The van der Waals surface area contributed by atoms with Crippen LogP contribution >= 0.6 is 0 Å². The number of rotatable bonds is 5. The van der Waals surface area contributed by atoms with Gasteiger partial charge >= 0.3 is 5.97 Å². The molecular weight excluding hydrogens is 275 g/mol. The summed E-state index contributed by atoms with van der Waals surface area (Å²) in [6, 6.07) is 4.07. The molecule has 2 rings (SSSR count). The highest BCUT2D eigenvalue weighted by molar-refractivity contribution is 6.10. The van der Waals surface area contributed by atoms with Crippen molar-refractivity contribution in [3.8, 4) is 0 Å². The molecule has 2 N–H and O–H groups in total. The molecule has 5 nitrogen and oxygen atoms in total. The second-order valence-corrected chi connectivity index (χ2v) is 4.58. The number of benzene rings is 1. The van der Waals surface area contributed by atoms with Crippen LogP contribution < -0.4 is 5.32 Å². The molecule has 0 saturated heterocycles. The molecule has 112 valence electrons. The van der Waals surface area contributed by atoms with E-state index >= 15 is 0 Å². The summed E-state index contributed by atoms with van der Waals surface area (Å²) in [6.07, 6.45) is 1.00. The van der Waals surface area contributed by atoms with E-state index in [-0.39, 0.29) is 23.9 Å². The fourth-order valence-corrected chi connectivity index (χ4v) is 2.08. The predicted octanol–water partition coefficient (Wildman–Crippen LogP) is 3.22. The van der Waals surface area contributed by atoms with Crippen LogP contribution in [-0.4, -0.2) is 23.5 Å². The second-order valence-electron chi connectivity index (χ2n) is 4.58. The van der Waals surface area contributed by atoms with Gasteiger partial charge in [-0.2, -0.15) is 0 Å². The normalized spacial score (nSPS) is 10.6. The smallest absolute Gasteiger partial charge is 0.356 e. The summed E-state index contributed by atoms with van der Waals surface area (Å²) in [5.74, 6) is -1.25. The Morgan fingerprint density at radius 3 is 2.76 bits per heavy atom. The van der Waals surface area contributed by atoms with Crippen LogP contribution in [0.5, 0.6) is 0 Å². The topological polar surface area (TPSA) is 71.2 Å².